The lowest BCUT2D eigenvalue weighted by Crippen LogP contribution is -2.33. The van der Waals surface area contributed by atoms with Crippen molar-refractivity contribution in [2.75, 3.05) is 6.61 Å². The second-order valence-corrected chi connectivity index (χ2v) is 5.93. The molecule has 3 N–H and O–H groups in total. The summed E-state index contributed by atoms with van der Waals surface area (Å²) in [5.41, 5.74) is 1.18. The van der Waals surface area contributed by atoms with E-state index < -0.39 is 0 Å². The quantitative estimate of drug-likeness (QED) is 0.684. The van der Waals surface area contributed by atoms with Crippen LogP contribution in [0.2, 0.25) is 0 Å². The van der Waals surface area contributed by atoms with E-state index in [0.717, 1.165) is 17.7 Å². The van der Waals surface area contributed by atoms with E-state index in [2.05, 4.69) is 27.5 Å². The predicted molar refractivity (Wildman–Crippen MR) is 94.6 cm³/mol. The van der Waals surface area contributed by atoms with Crippen molar-refractivity contribution >= 4 is 11.8 Å². The number of aromatic nitrogens is 2. The molecular formula is C18H24N4O3. The first-order valence-corrected chi connectivity index (χ1v) is 8.35. The fraction of sp³-hybridized carbons (Fsp3) is 0.389. The zero-order chi connectivity index (χ0) is 18.2. The molecule has 2 aromatic rings. The Morgan fingerprint density at radius 1 is 1.20 bits per heavy atom. The molecule has 2 rings (SSSR count). The summed E-state index contributed by atoms with van der Waals surface area (Å²) in [4.78, 5) is 31.0. The Kier molecular flexibility index (Phi) is 6.56. The standard InChI is InChI=1S/C18H24N4O3/c1-4-9-25-14-7-5-13(6-8-14)10-19-17(23)15-16(21-11-20-15)18(24)22-12(2)3/h5-8,11-12H,4,9-10H2,1-3H3,(H,19,23)(H,20,21)(H,22,24). The molecule has 1 aromatic heterocycles. The number of hydrogen-bond acceptors (Lipinski definition) is 4. The first-order valence-electron chi connectivity index (χ1n) is 8.35. The summed E-state index contributed by atoms with van der Waals surface area (Å²) < 4.78 is 5.52. The van der Waals surface area contributed by atoms with Gasteiger partial charge in [0.2, 0.25) is 0 Å². The lowest BCUT2D eigenvalue weighted by Gasteiger charge is -2.09. The zero-order valence-corrected chi connectivity index (χ0v) is 14.8. The third-order valence-electron chi connectivity index (χ3n) is 3.35. The van der Waals surface area contributed by atoms with E-state index >= 15 is 0 Å². The third-order valence-corrected chi connectivity index (χ3v) is 3.35. The number of benzene rings is 1. The molecule has 0 bridgehead atoms. The number of nitrogens with zero attached hydrogens (tertiary/aromatic N) is 1. The molecule has 0 radical (unpaired) electrons. The van der Waals surface area contributed by atoms with Crippen LogP contribution in [0.15, 0.2) is 30.6 Å². The van der Waals surface area contributed by atoms with Crippen LogP contribution in [0.25, 0.3) is 0 Å². The van der Waals surface area contributed by atoms with Gasteiger partial charge in [-0.3, -0.25) is 9.59 Å². The highest BCUT2D eigenvalue weighted by atomic mass is 16.5. The number of hydrogen-bond donors (Lipinski definition) is 3. The fourth-order valence-electron chi connectivity index (χ4n) is 2.16. The smallest absolute Gasteiger partial charge is 0.272 e. The molecule has 0 aliphatic rings. The predicted octanol–water partition coefficient (Wildman–Crippen LogP) is 2.27. The summed E-state index contributed by atoms with van der Waals surface area (Å²) in [6, 6.07) is 7.49. The number of aromatic amines is 1. The van der Waals surface area contributed by atoms with E-state index in [-0.39, 0.29) is 29.2 Å². The van der Waals surface area contributed by atoms with Gasteiger partial charge in [0.1, 0.15) is 11.4 Å². The largest absolute Gasteiger partial charge is 0.494 e. The molecule has 134 valence electrons. The van der Waals surface area contributed by atoms with Crippen LogP contribution in [0, 0.1) is 0 Å². The minimum Gasteiger partial charge on any atom is -0.494 e. The second-order valence-electron chi connectivity index (χ2n) is 5.93. The maximum Gasteiger partial charge on any atom is 0.272 e. The Morgan fingerprint density at radius 2 is 1.92 bits per heavy atom. The highest BCUT2D eigenvalue weighted by Crippen LogP contribution is 2.12. The molecule has 0 fully saturated rings. The number of carbonyl (C=O) groups is 2. The lowest BCUT2D eigenvalue weighted by molar-refractivity contribution is 0.0907. The summed E-state index contributed by atoms with van der Waals surface area (Å²) in [5.74, 6) is 0.0506. The maximum atomic E-state index is 12.3. The topological polar surface area (TPSA) is 96.1 Å². The van der Waals surface area contributed by atoms with Gasteiger partial charge in [0.05, 0.1) is 12.9 Å². The summed E-state index contributed by atoms with van der Waals surface area (Å²) in [7, 11) is 0. The van der Waals surface area contributed by atoms with E-state index in [4.69, 9.17) is 4.74 Å². The Morgan fingerprint density at radius 3 is 2.56 bits per heavy atom. The molecule has 7 nitrogen and oxygen atoms in total. The van der Waals surface area contributed by atoms with Gasteiger partial charge in [0.25, 0.3) is 11.8 Å². The van der Waals surface area contributed by atoms with Gasteiger partial charge in [0, 0.05) is 12.6 Å². The summed E-state index contributed by atoms with van der Waals surface area (Å²) in [5, 5.41) is 5.50. The van der Waals surface area contributed by atoms with Crippen molar-refractivity contribution < 1.29 is 14.3 Å². The Balaban J connectivity index is 1.94. The highest BCUT2D eigenvalue weighted by molar-refractivity contribution is 6.04. The molecule has 0 aliphatic heterocycles. The molecule has 0 unspecified atom stereocenters. The van der Waals surface area contributed by atoms with Crippen molar-refractivity contribution in [1.29, 1.82) is 0 Å². The molecule has 0 atom stereocenters. The minimum absolute atomic E-state index is 0.0337. The van der Waals surface area contributed by atoms with Crippen LogP contribution >= 0.6 is 0 Å². The van der Waals surface area contributed by atoms with Gasteiger partial charge in [-0.2, -0.15) is 0 Å². The fourth-order valence-corrected chi connectivity index (χ4v) is 2.16. The normalized spacial score (nSPS) is 10.6. The van der Waals surface area contributed by atoms with Crippen LogP contribution in [0.5, 0.6) is 5.75 Å². The van der Waals surface area contributed by atoms with Crippen molar-refractivity contribution in [3.8, 4) is 5.75 Å². The van der Waals surface area contributed by atoms with Crippen LogP contribution in [0.1, 0.15) is 53.7 Å². The maximum absolute atomic E-state index is 12.3. The lowest BCUT2D eigenvalue weighted by atomic mass is 10.2. The Hall–Kier alpha value is -2.83. The van der Waals surface area contributed by atoms with E-state index in [0.29, 0.717) is 13.2 Å². The number of rotatable bonds is 8. The monoisotopic (exact) mass is 344 g/mol. The van der Waals surface area contributed by atoms with E-state index in [1.807, 2.05) is 38.1 Å². The van der Waals surface area contributed by atoms with Crippen molar-refractivity contribution in [2.24, 2.45) is 0 Å². The molecule has 2 amide bonds. The van der Waals surface area contributed by atoms with Crippen LogP contribution in [0.4, 0.5) is 0 Å². The van der Waals surface area contributed by atoms with Crippen molar-refractivity contribution in [3.05, 3.63) is 47.5 Å². The van der Waals surface area contributed by atoms with Gasteiger partial charge in [0.15, 0.2) is 5.69 Å². The van der Waals surface area contributed by atoms with Gasteiger partial charge in [-0.05, 0) is 38.0 Å². The van der Waals surface area contributed by atoms with Gasteiger partial charge < -0.3 is 20.4 Å². The summed E-state index contributed by atoms with van der Waals surface area (Å²) >= 11 is 0. The molecule has 0 aliphatic carbocycles. The molecule has 25 heavy (non-hydrogen) atoms. The number of nitrogens with one attached hydrogen (secondary N) is 3. The van der Waals surface area contributed by atoms with Crippen LogP contribution in [-0.2, 0) is 6.54 Å². The first kappa shape index (κ1) is 18.5. The molecule has 1 heterocycles. The summed E-state index contributed by atoms with van der Waals surface area (Å²) in [6.07, 6.45) is 2.29. The Bertz CT molecular complexity index is 707. The number of amides is 2. The molecule has 1 aromatic carbocycles. The van der Waals surface area contributed by atoms with Crippen LogP contribution < -0.4 is 15.4 Å². The number of imidazole rings is 1. The minimum atomic E-state index is -0.377. The SMILES string of the molecule is CCCOc1ccc(CNC(=O)c2[nH]cnc2C(=O)NC(C)C)cc1. The van der Waals surface area contributed by atoms with E-state index in [9.17, 15) is 9.59 Å². The van der Waals surface area contributed by atoms with Gasteiger partial charge in [-0.15, -0.1) is 0 Å². The third kappa shape index (κ3) is 5.34. The molecule has 0 spiro atoms. The molecule has 0 saturated carbocycles. The molecule has 0 saturated heterocycles. The van der Waals surface area contributed by atoms with Gasteiger partial charge in [-0.1, -0.05) is 19.1 Å². The number of H-pyrrole nitrogens is 1. The van der Waals surface area contributed by atoms with E-state index in [1.165, 1.54) is 6.33 Å². The zero-order valence-electron chi connectivity index (χ0n) is 14.8. The number of ether oxygens (including phenoxy) is 1. The second kappa shape index (κ2) is 8.86. The average molecular weight is 344 g/mol. The van der Waals surface area contributed by atoms with E-state index in [1.54, 1.807) is 0 Å². The first-order chi connectivity index (χ1) is 12.0. The van der Waals surface area contributed by atoms with Crippen molar-refractivity contribution in [2.45, 2.75) is 39.8 Å². The number of carbonyl (C=O) groups excluding carboxylic acids is 2. The summed E-state index contributed by atoms with van der Waals surface area (Å²) in [6.45, 7) is 6.76. The van der Waals surface area contributed by atoms with Gasteiger partial charge in [-0.25, -0.2) is 4.98 Å². The highest BCUT2D eigenvalue weighted by Gasteiger charge is 2.20. The van der Waals surface area contributed by atoms with Crippen molar-refractivity contribution in [1.82, 2.24) is 20.6 Å². The van der Waals surface area contributed by atoms with Crippen LogP contribution in [0.3, 0.4) is 0 Å². The van der Waals surface area contributed by atoms with Crippen LogP contribution in [-0.4, -0.2) is 34.4 Å². The molecule has 7 heteroatoms. The average Bonchev–Trinajstić information content (AvgIpc) is 3.08. The Labute approximate surface area is 147 Å². The molecular weight excluding hydrogens is 320 g/mol. The van der Waals surface area contributed by atoms with Gasteiger partial charge >= 0.3 is 0 Å². The van der Waals surface area contributed by atoms with Crippen molar-refractivity contribution in [3.63, 3.8) is 0 Å².